The Hall–Kier alpha value is -0.860. The van der Waals surface area contributed by atoms with Gasteiger partial charge in [0, 0.05) is 0 Å². The van der Waals surface area contributed by atoms with Gasteiger partial charge in [0.2, 0.25) is 0 Å². The van der Waals surface area contributed by atoms with Crippen molar-refractivity contribution in [3.63, 3.8) is 0 Å². The van der Waals surface area contributed by atoms with Gasteiger partial charge in [-0.15, -0.1) is 0 Å². The van der Waals surface area contributed by atoms with Gasteiger partial charge in [-0.25, -0.2) is 0 Å². The monoisotopic (exact) mass is 206 g/mol. The summed E-state index contributed by atoms with van der Waals surface area (Å²) < 4.78 is 5.75. The van der Waals surface area contributed by atoms with Crippen LogP contribution in [0.15, 0.2) is 30.3 Å². The SMILES string of the molecule is CC(C)(C)C1(c2ccccc2)OC1CO. The van der Waals surface area contributed by atoms with E-state index in [-0.39, 0.29) is 23.7 Å². The van der Waals surface area contributed by atoms with E-state index in [9.17, 15) is 5.11 Å². The van der Waals surface area contributed by atoms with Crippen LogP contribution < -0.4 is 0 Å². The minimum atomic E-state index is -0.303. The fourth-order valence-electron chi connectivity index (χ4n) is 2.39. The minimum Gasteiger partial charge on any atom is -0.394 e. The minimum absolute atomic E-state index is 0.00174. The highest BCUT2D eigenvalue weighted by Crippen LogP contribution is 2.57. The van der Waals surface area contributed by atoms with Crippen LogP contribution in [-0.4, -0.2) is 17.8 Å². The number of epoxide rings is 1. The molecule has 0 aromatic heterocycles. The maximum absolute atomic E-state index is 9.24. The van der Waals surface area contributed by atoms with E-state index >= 15 is 0 Å². The Morgan fingerprint density at radius 2 is 1.87 bits per heavy atom. The average Bonchev–Trinajstić information content (AvgIpc) is 2.94. The van der Waals surface area contributed by atoms with Crippen molar-refractivity contribution in [3.8, 4) is 0 Å². The van der Waals surface area contributed by atoms with Crippen molar-refractivity contribution in [1.29, 1.82) is 0 Å². The Morgan fingerprint density at radius 3 is 2.27 bits per heavy atom. The lowest BCUT2D eigenvalue weighted by atomic mass is 9.74. The van der Waals surface area contributed by atoms with E-state index in [1.54, 1.807) is 0 Å². The molecule has 2 heteroatoms. The van der Waals surface area contributed by atoms with Gasteiger partial charge in [-0.2, -0.15) is 0 Å². The van der Waals surface area contributed by atoms with E-state index < -0.39 is 0 Å². The first-order valence-corrected chi connectivity index (χ1v) is 5.36. The van der Waals surface area contributed by atoms with E-state index in [0.29, 0.717) is 0 Å². The van der Waals surface area contributed by atoms with Crippen molar-refractivity contribution in [1.82, 2.24) is 0 Å². The van der Waals surface area contributed by atoms with Crippen LogP contribution in [0, 0.1) is 5.41 Å². The molecule has 2 rings (SSSR count). The summed E-state index contributed by atoms with van der Waals surface area (Å²) >= 11 is 0. The van der Waals surface area contributed by atoms with Crippen molar-refractivity contribution >= 4 is 0 Å². The number of hydrogen-bond acceptors (Lipinski definition) is 2. The predicted octanol–water partition coefficient (Wildman–Crippen LogP) is 2.32. The summed E-state index contributed by atoms with van der Waals surface area (Å²) in [6, 6.07) is 10.2. The summed E-state index contributed by atoms with van der Waals surface area (Å²) in [6.07, 6.45) is -0.0556. The van der Waals surface area contributed by atoms with Crippen molar-refractivity contribution in [3.05, 3.63) is 35.9 Å². The molecule has 1 aliphatic rings. The fraction of sp³-hybridized carbons (Fsp3) is 0.538. The highest BCUT2D eigenvalue weighted by molar-refractivity contribution is 5.32. The third-order valence-corrected chi connectivity index (χ3v) is 3.21. The first kappa shape index (κ1) is 10.7. The Bertz CT molecular complexity index is 339. The average molecular weight is 206 g/mol. The van der Waals surface area contributed by atoms with Crippen molar-refractivity contribution in [2.75, 3.05) is 6.61 Å². The summed E-state index contributed by atoms with van der Waals surface area (Å²) in [4.78, 5) is 0. The van der Waals surface area contributed by atoms with Gasteiger partial charge in [-0.1, -0.05) is 51.1 Å². The van der Waals surface area contributed by atoms with Crippen molar-refractivity contribution in [2.45, 2.75) is 32.5 Å². The van der Waals surface area contributed by atoms with Gasteiger partial charge in [0.05, 0.1) is 6.61 Å². The maximum Gasteiger partial charge on any atom is 0.127 e. The third kappa shape index (κ3) is 1.48. The van der Waals surface area contributed by atoms with Crippen LogP contribution in [-0.2, 0) is 10.3 Å². The molecule has 0 aliphatic carbocycles. The van der Waals surface area contributed by atoms with Gasteiger partial charge < -0.3 is 9.84 Å². The molecule has 1 aromatic rings. The van der Waals surface area contributed by atoms with Gasteiger partial charge in [-0.3, -0.25) is 0 Å². The fourth-order valence-corrected chi connectivity index (χ4v) is 2.39. The van der Waals surface area contributed by atoms with Crippen LogP contribution in [0.2, 0.25) is 0 Å². The standard InChI is InChI=1S/C13H18O2/c1-12(2,3)13(11(9-14)15-13)10-7-5-4-6-8-10/h4-8,11,14H,9H2,1-3H3. The molecule has 0 spiro atoms. The highest BCUT2D eigenvalue weighted by atomic mass is 16.6. The van der Waals surface area contributed by atoms with Gasteiger partial charge in [0.1, 0.15) is 11.7 Å². The molecule has 1 N–H and O–H groups in total. The highest BCUT2D eigenvalue weighted by Gasteiger charge is 2.64. The zero-order valence-electron chi connectivity index (χ0n) is 9.53. The molecule has 1 aliphatic heterocycles. The van der Waals surface area contributed by atoms with E-state index in [2.05, 4.69) is 32.9 Å². The van der Waals surface area contributed by atoms with Crippen LogP contribution in [0.1, 0.15) is 26.3 Å². The van der Waals surface area contributed by atoms with Crippen LogP contribution in [0.25, 0.3) is 0 Å². The summed E-state index contributed by atoms with van der Waals surface area (Å²) in [6.45, 7) is 6.53. The summed E-state index contributed by atoms with van der Waals surface area (Å²) in [7, 11) is 0. The number of ether oxygens (including phenoxy) is 1. The van der Waals surface area contributed by atoms with E-state index in [1.807, 2.05) is 18.2 Å². The Balaban J connectivity index is 2.39. The molecular formula is C13H18O2. The lowest BCUT2D eigenvalue weighted by molar-refractivity contribution is 0.154. The molecule has 15 heavy (non-hydrogen) atoms. The molecule has 1 saturated heterocycles. The lowest BCUT2D eigenvalue weighted by Crippen LogP contribution is -2.31. The first-order chi connectivity index (χ1) is 7.02. The molecule has 0 saturated carbocycles. The summed E-state index contributed by atoms with van der Waals surface area (Å²) in [5.74, 6) is 0. The molecule has 82 valence electrons. The zero-order valence-corrected chi connectivity index (χ0v) is 9.53. The molecule has 0 bridgehead atoms. The summed E-state index contributed by atoms with van der Waals surface area (Å²) in [5.41, 5.74) is 0.863. The number of rotatable bonds is 2. The van der Waals surface area contributed by atoms with E-state index in [4.69, 9.17) is 4.74 Å². The number of hydrogen-bond donors (Lipinski definition) is 1. The molecule has 2 unspecified atom stereocenters. The maximum atomic E-state index is 9.24. The molecule has 2 nitrogen and oxygen atoms in total. The topological polar surface area (TPSA) is 32.8 Å². The molecule has 1 heterocycles. The number of aliphatic hydroxyl groups excluding tert-OH is 1. The third-order valence-electron chi connectivity index (χ3n) is 3.21. The van der Waals surface area contributed by atoms with Gasteiger partial charge >= 0.3 is 0 Å². The van der Waals surface area contributed by atoms with Crippen molar-refractivity contribution < 1.29 is 9.84 Å². The quantitative estimate of drug-likeness (QED) is 0.753. The smallest absolute Gasteiger partial charge is 0.127 e. The molecule has 2 atom stereocenters. The predicted molar refractivity (Wildman–Crippen MR) is 59.5 cm³/mol. The van der Waals surface area contributed by atoms with Crippen LogP contribution >= 0.6 is 0 Å². The molecular weight excluding hydrogens is 188 g/mol. The van der Waals surface area contributed by atoms with E-state index in [0.717, 1.165) is 5.56 Å². The second kappa shape index (κ2) is 3.32. The van der Waals surface area contributed by atoms with Gasteiger partial charge in [0.15, 0.2) is 0 Å². The van der Waals surface area contributed by atoms with Gasteiger partial charge in [0.25, 0.3) is 0 Å². The largest absolute Gasteiger partial charge is 0.394 e. The molecule has 0 radical (unpaired) electrons. The normalized spacial score (nSPS) is 30.3. The zero-order chi connectivity index (χ0) is 11.1. The Labute approximate surface area is 90.9 Å². The second-order valence-corrected chi connectivity index (χ2v) is 5.14. The summed E-state index contributed by atoms with van der Waals surface area (Å²) in [5, 5.41) is 9.24. The molecule has 1 aromatic carbocycles. The molecule has 1 fully saturated rings. The van der Waals surface area contributed by atoms with Gasteiger partial charge in [-0.05, 0) is 11.0 Å². The first-order valence-electron chi connectivity index (χ1n) is 5.36. The van der Waals surface area contributed by atoms with Crippen LogP contribution in [0.3, 0.4) is 0 Å². The van der Waals surface area contributed by atoms with Crippen LogP contribution in [0.4, 0.5) is 0 Å². The van der Waals surface area contributed by atoms with E-state index in [1.165, 1.54) is 0 Å². The Kier molecular flexibility index (Phi) is 2.36. The number of benzene rings is 1. The second-order valence-electron chi connectivity index (χ2n) is 5.14. The van der Waals surface area contributed by atoms with Crippen LogP contribution in [0.5, 0.6) is 0 Å². The lowest BCUT2D eigenvalue weighted by Gasteiger charge is -2.28. The molecule has 0 amide bonds. The van der Waals surface area contributed by atoms with Crippen molar-refractivity contribution in [2.24, 2.45) is 5.41 Å². The number of aliphatic hydroxyl groups is 1. The Morgan fingerprint density at radius 1 is 1.27 bits per heavy atom.